The predicted octanol–water partition coefficient (Wildman–Crippen LogP) is 2.45. The molecule has 2 unspecified atom stereocenters. The number of hydrogen-bond donors (Lipinski definition) is 1. The molecular weight excluding hydrogens is 278 g/mol. The van der Waals surface area contributed by atoms with Crippen molar-refractivity contribution >= 4 is 23.5 Å². The molecule has 0 bridgehead atoms. The third-order valence-corrected chi connectivity index (χ3v) is 4.22. The number of carboxylic acid groups (broad SMARTS) is 1. The zero-order valence-corrected chi connectivity index (χ0v) is 12.1. The van der Waals surface area contributed by atoms with Crippen LogP contribution in [0.2, 0.25) is 5.02 Å². The van der Waals surface area contributed by atoms with Crippen LogP contribution in [0.5, 0.6) is 0 Å². The summed E-state index contributed by atoms with van der Waals surface area (Å²) in [6.45, 7) is 2.72. The van der Waals surface area contributed by atoms with Crippen molar-refractivity contribution in [3.63, 3.8) is 0 Å². The molecule has 0 aromatic heterocycles. The summed E-state index contributed by atoms with van der Waals surface area (Å²) >= 11 is 6.05. The molecule has 1 aliphatic rings. The summed E-state index contributed by atoms with van der Waals surface area (Å²) in [6.07, 6.45) is 0.948. The fraction of sp³-hybridized carbons (Fsp3) is 0.467. The minimum absolute atomic E-state index is 0.000481. The first-order chi connectivity index (χ1) is 9.49. The van der Waals surface area contributed by atoms with Crippen molar-refractivity contribution < 1.29 is 14.7 Å². The molecule has 0 radical (unpaired) electrons. The van der Waals surface area contributed by atoms with E-state index in [1.54, 1.807) is 11.0 Å². The van der Waals surface area contributed by atoms with E-state index >= 15 is 0 Å². The van der Waals surface area contributed by atoms with Gasteiger partial charge in [0.15, 0.2) is 0 Å². The third-order valence-electron chi connectivity index (χ3n) is 3.85. The molecule has 4 nitrogen and oxygen atoms in total. The molecule has 1 N–H and O–H groups in total. The monoisotopic (exact) mass is 295 g/mol. The fourth-order valence-electron chi connectivity index (χ4n) is 2.59. The second kappa shape index (κ2) is 6.27. The molecule has 0 aliphatic carbocycles. The Labute approximate surface area is 123 Å². The summed E-state index contributed by atoms with van der Waals surface area (Å²) in [5.74, 6) is -1.25. The zero-order valence-electron chi connectivity index (χ0n) is 11.4. The zero-order chi connectivity index (χ0) is 14.7. The van der Waals surface area contributed by atoms with Crippen molar-refractivity contribution in [1.29, 1.82) is 0 Å². The number of amides is 1. The van der Waals surface area contributed by atoms with E-state index in [1.807, 2.05) is 25.1 Å². The van der Waals surface area contributed by atoms with Gasteiger partial charge in [-0.15, -0.1) is 0 Å². The first kappa shape index (κ1) is 14.9. The Bertz CT molecular complexity index is 518. The number of aryl methyl sites for hydroxylation is 1. The van der Waals surface area contributed by atoms with Crippen molar-refractivity contribution in [3.05, 3.63) is 34.9 Å². The maximum Gasteiger partial charge on any atom is 0.308 e. The number of carbonyl (C=O) groups excluding carboxylic acids is 1. The Morgan fingerprint density at radius 1 is 1.35 bits per heavy atom. The molecule has 1 aromatic carbocycles. The van der Waals surface area contributed by atoms with Crippen molar-refractivity contribution in [1.82, 2.24) is 4.90 Å². The van der Waals surface area contributed by atoms with Gasteiger partial charge in [0.2, 0.25) is 5.91 Å². The molecule has 1 heterocycles. The van der Waals surface area contributed by atoms with Crippen LogP contribution in [0.25, 0.3) is 0 Å². The van der Waals surface area contributed by atoms with Crippen LogP contribution >= 0.6 is 11.6 Å². The minimum Gasteiger partial charge on any atom is -0.481 e. The van der Waals surface area contributed by atoms with E-state index < -0.39 is 11.9 Å². The first-order valence-electron chi connectivity index (χ1n) is 6.73. The van der Waals surface area contributed by atoms with Gasteiger partial charge in [0, 0.05) is 24.5 Å². The lowest BCUT2D eigenvalue weighted by atomic mass is 9.99. The van der Waals surface area contributed by atoms with E-state index in [4.69, 9.17) is 16.7 Å². The first-order valence-corrected chi connectivity index (χ1v) is 7.11. The van der Waals surface area contributed by atoms with Crippen LogP contribution < -0.4 is 0 Å². The topological polar surface area (TPSA) is 57.6 Å². The second-order valence-corrected chi connectivity index (χ2v) is 5.72. The number of hydrogen-bond acceptors (Lipinski definition) is 2. The molecule has 1 saturated heterocycles. The smallest absolute Gasteiger partial charge is 0.308 e. The Hall–Kier alpha value is -1.55. The predicted molar refractivity (Wildman–Crippen MR) is 76.6 cm³/mol. The Morgan fingerprint density at radius 2 is 2.05 bits per heavy atom. The van der Waals surface area contributed by atoms with Gasteiger partial charge in [-0.05, 0) is 24.0 Å². The van der Waals surface area contributed by atoms with E-state index in [-0.39, 0.29) is 11.8 Å². The highest BCUT2D eigenvalue weighted by atomic mass is 35.5. The Balaban J connectivity index is 1.90. The standard InChI is InChI=1S/C15H18ClNO3/c1-10-8-17(9-12(10)15(19)20)14(18)7-6-11-4-2-3-5-13(11)16/h2-5,10,12H,6-9H2,1H3,(H,19,20). The fourth-order valence-corrected chi connectivity index (χ4v) is 2.82. The van der Waals surface area contributed by atoms with E-state index in [9.17, 15) is 9.59 Å². The molecule has 1 amide bonds. The average molecular weight is 296 g/mol. The lowest BCUT2D eigenvalue weighted by Gasteiger charge is -2.16. The summed E-state index contributed by atoms with van der Waals surface area (Å²) in [5, 5.41) is 9.74. The number of likely N-dealkylation sites (tertiary alicyclic amines) is 1. The van der Waals surface area contributed by atoms with Crippen LogP contribution in [-0.2, 0) is 16.0 Å². The molecular formula is C15H18ClNO3. The van der Waals surface area contributed by atoms with Crippen LogP contribution in [0.4, 0.5) is 0 Å². The van der Waals surface area contributed by atoms with Gasteiger partial charge in [0.1, 0.15) is 0 Å². The number of carbonyl (C=O) groups is 2. The minimum atomic E-state index is -0.820. The van der Waals surface area contributed by atoms with Crippen molar-refractivity contribution in [3.8, 4) is 0 Å². The van der Waals surface area contributed by atoms with Gasteiger partial charge >= 0.3 is 5.97 Å². The lowest BCUT2D eigenvalue weighted by Crippen LogP contribution is -2.30. The van der Waals surface area contributed by atoms with Gasteiger partial charge in [-0.3, -0.25) is 9.59 Å². The van der Waals surface area contributed by atoms with Gasteiger partial charge in [-0.1, -0.05) is 36.7 Å². The van der Waals surface area contributed by atoms with E-state index in [0.29, 0.717) is 31.0 Å². The number of aliphatic carboxylic acids is 1. The van der Waals surface area contributed by atoms with Crippen LogP contribution in [0.15, 0.2) is 24.3 Å². The van der Waals surface area contributed by atoms with Crippen molar-refractivity contribution in [2.45, 2.75) is 19.8 Å². The van der Waals surface area contributed by atoms with Crippen LogP contribution in [0, 0.1) is 11.8 Å². The van der Waals surface area contributed by atoms with Gasteiger partial charge in [0.05, 0.1) is 5.92 Å². The average Bonchev–Trinajstić information content (AvgIpc) is 2.80. The van der Waals surface area contributed by atoms with Crippen molar-refractivity contribution in [2.24, 2.45) is 11.8 Å². The van der Waals surface area contributed by atoms with E-state index in [0.717, 1.165) is 5.56 Å². The highest BCUT2D eigenvalue weighted by Gasteiger charge is 2.36. The van der Waals surface area contributed by atoms with E-state index in [1.165, 1.54) is 0 Å². The molecule has 5 heteroatoms. The normalized spacial score (nSPS) is 22.0. The molecule has 1 aliphatic heterocycles. The largest absolute Gasteiger partial charge is 0.481 e. The molecule has 0 saturated carbocycles. The Kier molecular flexibility index (Phi) is 4.65. The summed E-state index contributed by atoms with van der Waals surface area (Å²) in [5.41, 5.74) is 0.949. The molecule has 108 valence electrons. The second-order valence-electron chi connectivity index (χ2n) is 5.31. The number of nitrogens with zero attached hydrogens (tertiary/aromatic N) is 1. The highest BCUT2D eigenvalue weighted by Crippen LogP contribution is 2.24. The van der Waals surface area contributed by atoms with Crippen LogP contribution in [0.1, 0.15) is 18.9 Å². The molecule has 0 spiro atoms. The highest BCUT2D eigenvalue weighted by molar-refractivity contribution is 6.31. The number of rotatable bonds is 4. The van der Waals surface area contributed by atoms with Gasteiger partial charge in [0.25, 0.3) is 0 Å². The van der Waals surface area contributed by atoms with Gasteiger partial charge in [-0.25, -0.2) is 0 Å². The van der Waals surface area contributed by atoms with Crippen LogP contribution in [0.3, 0.4) is 0 Å². The Morgan fingerprint density at radius 3 is 2.65 bits per heavy atom. The summed E-state index contributed by atoms with van der Waals surface area (Å²) in [7, 11) is 0. The number of benzene rings is 1. The third kappa shape index (κ3) is 3.31. The van der Waals surface area contributed by atoms with Crippen LogP contribution in [-0.4, -0.2) is 35.0 Å². The molecule has 1 aromatic rings. The summed E-state index contributed by atoms with van der Waals surface area (Å²) < 4.78 is 0. The maximum atomic E-state index is 12.1. The van der Waals surface area contributed by atoms with Gasteiger partial charge < -0.3 is 10.0 Å². The molecule has 1 fully saturated rings. The lowest BCUT2D eigenvalue weighted by molar-refractivity contribution is -0.142. The maximum absolute atomic E-state index is 12.1. The van der Waals surface area contributed by atoms with Crippen molar-refractivity contribution in [2.75, 3.05) is 13.1 Å². The summed E-state index contributed by atoms with van der Waals surface area (Å²) in [6, 6.07) is 7.46. The number of carboxylic acids is 1. The molecule has 20 heavy (non-hydrogen) atoms. The summed E-state index contributed by atoms with van der Waals surface area (Å²) in [4.78, 5) is 24.8. The van der Waals surface area contributed by atoms with E-state index in [2.05, 4.69) is 0 Å². The molecule has 2 atom stereocenters. The SMILES string of the molecule is CC1CN(C(=O)CCc2ccccc2Cl)CC1C(=O)O. The number of halogens is 1. The molecule has 2 rings (SSSR count). The quantitative estimate of drug-likeness (QED) is 0.928. The van der Waals surface area contributed by atoms with Gasteiger partial charge in [-0.2, -0.15) is 0 Å².